The Bertz CT molecular complexity index is 1030. The molecule has 0 amide bonds. The smallest absolute Gasteiger partial charge is 0.413 e. The molecule has 19 heteroatoms. The Morgan fingerprint density at radius 3 is 1.32 bits per heavy atom. The summed E-state index contributed by atoms with van der Waals surface area (Å²) in [7, 11) is -19.9. The number of rotatable bonds is 4. The van der Waals surface area contributed by atoms with Gasteiger partial charge in [0.05, 0.1) is 4.90 Å². The summed E-state index contributed by atoms with van der Waals surface area (Å²) in [6.07, 6.45) is 0. The maximum Gasteiger partial charge on any atom is 0.413 e. The van der Waals surface area contributed by atoms with E-state index in [1.165, 1.54) is 0 Å². The number of phenolic OH excluding ortho intramolecular Hbond substituents is 2. The van der Waals surface area contributed by atoms with Gasteiger partial charge in [0.25, 0.3) is 20.2 Å². The molecule has 1 aromatic rings. The fraction of sp³-hybridized carbons (Fsp3) is 0. The van der Waals surface area contributed by atoms with E-state index >= 15 is 0 Å². The fourth-order valence-electron chi connectivity index (χ4n) is 1.02. The van der Waals surface area contributed by atoms with Gasteiger partial charge in [-0.1, -0.05) is 0 Å². The molecule has 0 spiro atoms. The normalized spacial score (nSPS) is 13.0. The zero-order valence-electron chi connectivity index (χ0n) is 11.1. The molecule has 25 heavy (non-hydrogen) atoms. The van der Waals surface area contributed by atoms with E-state index in [2.05, 4.69) is 3.63 Å². The fourth-order valence-corrected chi connectivity index (χ4v) is 3.12. The number of hydrogen-bond acceptors (Lipinski definition) is 11. The van der Waals surface area contributed by atoms with Crippen molar-refractivity contribution >= 4 is 41.0 Å². The first-order valence-electron chi connectivity index (χ1n) is 4.91. The molecule has 0 atom stereocenters. The minimum atomic E-state index is -5.12. The standard InChI is InChI=1S/C6H6O8S2.H2O7S2/c7-4-1-3(15(9,10)11)2-5(6(4)8)16(12,13)14;1-8(2,3)7-9(4,5)6/h1-2,7-8H,(H,9,10,11)(H,12,13,14);(H,1,2,3)(H,4,5,6). The van der Waals surface area contributed by atoms with E-state index in [-0.39, 0.29) is 0 Å². The van der Waals surface area contributed by atoms with Gasteiger partial charge in [-0.15, -0.1) is 3.63 Å². The highest BCUT2D eigenvalue weighted by Gasteiger charge is 2.23. The van der Waals surface area contributed by atoms with E-state index in [1.54, 1.807) is 0 Å². The van der Waals surface area contributed by atoms with Gasteiger partial charge < -0.3 is 10.2 Å². The zero-order chi connectivity index (χ0) is 20.4. The van der Waals surface area contributed by atoms with Gasteiger partial charge in [-0.25, -0.2) is 0 Å². The molecule has 0 aliphatic heterocycles. The van der Waals surface area contributed by atoms with Gasteiger partial charge in [0.2, 0.25) is 0 Å². The highest BCUT2D eigenvalue weighted by molar-refractivity contribution is 7.94. The SMILES string of the molecule is O=S(=O)(O)OS(=O)(=O)O.O=S(=O)(O)c1cc(O)c(O)c(S(=O)(=O)O)c1. The first-order valence-corrected chi connectivity index (χ1v) is 10.5. The molecule has 0 aromatic heterocycles. The van der Waals surface area contributed by atoms with Crippen molar-refractivity contribution in [2.75, 3.05) is 0 Å². The van der Waals surface area contributed by atoms with E-state index in [4.69, 9.17) is 28.4 Å². The van der Waals surface area contributed by atoms with Crippen molar-refractivity contribution < 1.29 is 65.7 Å². The van der Waals surface area contributed by atoms with Gasteiger partial charge in [-0.05, 0) is 6.07 Å². The van der Waals surface area contributed by atoms with Crippen molar-refractivity contribution in [2.24, 2.45) is 0 Å². The van der Waals surface area contributed by atoms with Crippen molar-refractivity contribution in [3.8, 4) is 11.5 Å². The largest absolute Gasteiger partial charge is 0.504 e. The summed E-state index contributed by atoms with van der Waals surface area (Å²) in [6, 6.07) is 0.735. The van der Waals surface area contributed by atoms with Crippen LogP contribution in [0.1, 0.15) is 0 Å². The first-order chi connectivity index (χ1) is 10.7. The van der Waals surface area contributed by atoms with E-state index in [0.717, 1.165) is 0 Å². The molecular weight excluding hydrogens is 440 g/mol. The second-order valence-electron chi connectivity index (χ2n) is 3.66. The maximum atomic E-state index is 10.7. The van der Waals surface area contributed by atoms with Crippen LogP contribution in [0.25, 0.3) is 0 Å². The van der Waals surface area contributed by atoms with Crippen LogP contribution < -0.4 is 0 Å². The summed E-state index contributed by atoms with van der Waals surface area (Å²) in [5.41, 5.74) is 0. The van der Waals surface area contributed by atoms with Crippen molar-refractivity contribution in [3.05, 3.63) is 12.1 Å². The van der Waals surface area contributed by atoms with Crippen molar-refractivity contribution in [3.63, 3.8) is 0 Å². The number of phenols is 2. The van der Waals surface area contributed by atoms with Crippen LogP contribution in [-0.2, 0) is 44.7 Å². The molecule has 1 rings (SSSR count). The Kier molecular flexibility index (Phi) is 6.88. The monoisotopic (exact) mass is 448 g/mol. The van der Waals surface area contributed by atoms with Gasteiger partial charge >= 0.3 is 20.8 Å². The molecule has 15 nitrogen and oxygen atoms in total. The average Bonchev–Trinajstić information content (AvgIpc) is 2.25. The molecule has 0 saturated carbocycles. The number of hydrogen-bond donors (Lipinski definition) is 6. The highest BCUT2D eigenvalue weighted by atomic mass is 32.3. The minimum absolute atomic E-state index is 0.305. The lowest BCUT2D eigenvalue weighted by Crippen LogP contribution is -2.10. The van der Waals surface area contributed by atoms with Crippen LogP contribution >= 0.6 is 0 Å². The average molecular weight is 448 g/mol. The molecule has 0 unspecified atom stereocenters. The first kappa shape index (κ1) is 23.4. The summed E-state index contributed by atoms with van der Waals surface area (Å²) in [5, 5.41) is 18.1. The molecular formula is C6H8O15S4. The summed E-state index contributed by atoms with van der Waals surface area (Å²) in [4.78, 5) is -2.20. The minimum Gasteiger partial charge on any atom is -0.504 e. The molecule has 0 aliphatic carbocycles. The van der Waals surface area contributed by atoms with Gasteiger partial charge in [-0.2, -0.15) is 33.7 Å². The van der Waals surface area contributed by atoms with Crippen LogP contribution in [0.5, 0.6) is 11.5 Å². The molecule has 0 radical (unpaired) electrons. The Hall–Kier alpha value is -1.58. The second kappa shape index (κ2) is 7.35. The lowest BCUT2D eigenvalue weighted by Gasteiger charge is -2.05. The summed E-state index contributed by atoms with van der Waals surface area (Å²) < 4.78 is 115. The highest BCUT2D eigenvalue weighted by Crippen LogP contribution is 2.34. The van der Waals surface area contributed by atoms with Crippen LogP contribution in [0.15, 0.2) is 21.9 Å². The molecule has 0 bridgehead atoms. The molecule has 1 aromatic carbocycles. The Morgan fingerprint density at radius 2 is 1.08 bits per heavy atom. The van der Waals surface area contributed by atoms with Crippen LogP contribution in [0.3, 0.4) is 0 Å². The van der Waals surface area contributed by atoms with E-state index in [1.807, 2.05) is 0 Å². The molecule has 0 saturated heterocycles. The second-order valence-corrected chi connectivity index (χ2v) is 8.73. The van der Waals surface area contributed by atoms with Gasteiger partial charge in [-0.3, -0.25) is 18.2 Å². The van der Waals surface area contributed by atoms with Crippen molar-refractivity contribution in [1.29, 1.82) is 0 Å². The predicted octanol–water partition coefficient (Wildman–Crippen LogP) is -1.80. The molecule has 0 heterocycles. The molecule has 0 aliphatic rings. The molecule has 6 N–H and O–H groups in total. The molecule has 146 valence electrons. The Labute approximate surface area is 140 Å². The third-order valence-electron chi connectivity index (χ3n) is 1.78. The van der Waals surface area contributed by atoms with E-state index in [9.17, 15) is 33.7 Å². The summed E-state index contributed by atoms with van der Waals surface area (Å²) >= 11 is 0. The van der Waals surface area contributed by atoms with Crippen molar-refractivity contribution in [2.45, 2.75) is 9.79 Å². The number of benzene rings is 1. The van der Waals surface area contributed by atoms with Crippen LogP contribution in [0, 0.1) is 0 Å². The topological polar surface area (TPSA) is 267 Å². The van der Waals surface area contributed by atoms with Crippen molar-refractivity contribution in [1.82, 2.24) is 0 Å². The van der Waals surface area contributed by atoms with Gasteiger partial charge in [0, 0.05) is 6.07 Å². The van der Waals surface area contributed by atoms with E-state index < -0.39 is 62.3 Å². The maximum absolute atomic E-state index is 10.7. The number of aromatic hydroxyl groups is 2. The van der Waals surface area contributed by atoms with Crippen LogP contribution in [0.4, 0.5) is 0 Å². The molecule has 0 fully saturated rings. The third-order valence-corrected chi connectivity index (χ3v) is 4.85. The zero-order valence-corrected chi connectivity index (χ0v) is 14.4. The Balaban J connectivity index is 0.000000547. The predicted molar refractivity (Wildman–Crippen MR) is 73.6 cm³/mol. The summed E-state index contributed by atoms with van der Waals surface area (Å²) in [5.74, 6) is -2.32. The third kappa shape index (κ3) is 8.89. The van der Waals surface area contributed by atoms with Gasteiger partial charge in [0.1, 0.15) is 4.90 Å². The quantitative estimate of drug-likeness (QED) is 0.219. The lowest BCUT2D eigenvalue weighted by molar-refractivity contribution is 0.344. The Morgan fingerprint density at radius 1 is 0.680 bits per heavy atom. The van der Waals surface area contributed by atoms with Crippen LogP contribution in [0.2, 0.25) is 0 Å². The van der Waals surface area contributed by atoms with Gasteiger partial charge in [0.15, 0.2) is 11.5 Å². The lowest BCUT2D eigenvalue weighted by atomic mass is 10.3. The summed E-state index contributed by atoms with van der Waals surface area (Å²) in [6.45, 7) is 0. The van der Waals surface area contributed by atoms with E-state index in [0.29, 0.717) is 12.1 Å². The van der Waals surface area contributed by atoms with Crippen LogP contribution in [-0.4, -0.2) is 62.1 Å².